The molecule has 0 radical (unpaired) electrons. The Bertz CT molecular complexity index is 1140. The number of benzene rings is 1. The zero-order valence-corrected chi connectivity index (χ0v) is 13.9. The maximum atomic E-state index is 12.5. The van der Waals surface area contributed by atoms with Crippen molar-refractivity contribution in [3.63, 3.8) is 0 Å². The highest BCUT2D eigenvalue weighted by Gasteiger charge is 2.18. The minimum absolute atomic E-state index is 0.147. The summed E-state index contributed by atoms with van der Waals surface area (Å²) in [5.74, 6) is 0.484. The van der Waals surface area contributed by atoms with E-state index in [0.717, 1.165) is 9.44 Å². The van der Waals surface area contributed by atoms with Crippen molar-refractivity contribution in [3.8, 4) is 27.8 Å². The van der Waals surface area contributed by atoms with Crippen molar-refractivity contribution in [1.82, 2.24) is 19.3 Å². The Kier molecular flexibility index (Phi) is 3.66. The number of rotatable bonds is 3. The molecule has 4 aromatic rings. The molecule has 4 rings (SSSR count). The van der Waals surface area contributed by atoms with Crippen molar-refractivity contribution in [1.29, 1.82) is 0 Å². The Hall–Kier alpha value is -3.26. The Labute approximate surface area is 145 Å². The maximum Gasteiger partial charge on any atom is 0.335 e. The van der Waals surface area contributed by atoms with Gasteiger partial charge in [-0.25, -0.2) is 4.79 Å². The van der Waals surface area contributed by atoms with Crippen LogP contribution in [0.15, 0.2) is 68.2 Å². The molecule has 7 nitrogen and oxygen atoms in total. The van der Waals surface area contributed by atoms with Crippen LogP contribution >= 0.6 is 11.3 Å². The topological polar surface area (TPSA) is 82.9 Å². The second-order valence-electron chi connectivity index (χ2n) is 5.30. The number of para-hydroxylation sites is 1. The smallest absolute Gasteiger partial charge is 0.333 e. The van der Waals surface area contributed by atoms with Crippen LogP contribution in [0, 0.1) is 0 Å². The fourth-order valence-electron chi connectivity index (χ4n) is 2.43. The maximum absolute atomic E-state index is 12.5. The van der Waals surface area contributed by atoms with E-state index in [9.17, 15) is 9.59 Å². The third-order valence-electron chi connectivity index (χ3n) is 3.72. The third-order valence-corrected chi connectivity index (χ3v) is 4.58. The van der Waals surface area contributed by atoms with Gasteiger partial charge in [0.05, 0.1) is 10.6 Å². The predicted molar refractivity (Wildman–Crippen MR) is 93.9 cm³/mol. The van der Waals surface area contributed by atoms with E-state index in [-0.39, 0.29) is 11.4 Å². The van der Waals surface area contributed by atoms with Crippen LogP contribution in [0.25, 0.3) is 27.8 Å². The van der Waals surface area contributed by atoms with Gasteiger partial charge < -0.3 is 4.52 Å². The van der Waals surface area contributed by atoms with E-state index in [2.05, 4.69) is 10.1 Å². The first-order valence-electron chi connectivity index (χ1n) is 7.41. The largest absolute Gasteiger partial charge is 0.335 e. The van der Waals surface area contributed by atoms with E-state index in [0.29, 0.717) is 11.6 Å². The van der Waals surface area contributed by atoms with Gasteiger partial charge in [-0.3, -0.25) is 13.9 Å². The summed E-state index contributed by atoms with van der Waals surface area (Å²) < 4.78 is 7.67. The standard InChI is InChI=1S/C17H12N4O3S/c1-20-16(22)12(10-21(17(20)23)11-6-3-2-4-7-11)14-18-15(24-19-14)13-8-5-9-25-13/h2-10H,1H3. The van der Waals surface area contributed by atoms with Crippen LogP contribution in [0.5, 0.6) is 0 Å². The van der Waals surface area contributed by atoms with Gasteiger partial charge in [0.2, 0.25) is 5.82 Å². The number of thiophene rings is 1. The lowest BCUT2D eigenvalue weighted by molar-refractivity contribution is 0.433. The quantitative estimate of drug-likeness (QED) is 0.565. The molecule has 0 aliphatic carbocycles. The zero-order valence-electron chi connectivity index (χ0n) is 13.1. The van der Waals surface area contributed by atoms with Gasteiger partial charge in [-0.2, -0.15) is 4.98 Å². The molecule has 1 aromatic carbocycles. The Morgan fingerprint density at radius 1 is 1.08 bits per heavy atom. The zero-order chi connectivity index (χ0) is 17.4. The molecule has 0 saturated carbocycles. The van der Waals surface area contributed by atoms with E-state index in [1.54, 1.807) is 12.1 Å². The van der Waals surface area contributed by atoms with E-state index >= 15 is 0 Å². The van der Waals surface area contributed by atoms with Crippen molar-refractivity contribution in [2.24, 2.45) is 7.05 Å². The first-order valence-corrected chi connectivity index (χ1v) is 8.29. The normalized spacial score (nSPS) is 10.9. The molecule has 0 N–H and O–H groups in total. The van der Waals surface area contributed by atoms with Crippen LogP contribution in [0.1, 0.15) is 0 Å². The lowest BCUT2D eigenvalue weighted by atomic mass is 10.3. The molecule has 0 fully saturated rings. The Morgan fingerprint density at radius 2 is 1.88 bits per heavy atom. The van der Waals surface area contributed by atoms with Crippen molar-refractivity contribution in [3.05, 3.63) is 74.9 Å². The van der Waals surface area contributed by atoms with E-state index < -0.39 is 11.2 Å². The summed E-state index contributed by atoms with van der Waals surface area (Å²) >= 11 is 1.46. The molecule has 0 aliphatic rings. The average Bonchev–Trinajstić information content (AvgIpc) is 3.32. The summed E-state index contributed by atoms with van der Waals surface area (Å²) in [6, 6.07) is 12.8. The lowest BCUT2D eigenvalue weighted by Gasteiger charge is -2.08. The minimum atomic E-state index is -0.476. The third kappa shape index (κ3) is 2.62. The van der Waals surface area contributed by atoms with Gasteiger partial charge in [0.15, 0.2) is 0 Å². The van der Waals surface area contributed by atoms with Crippen molar-refractivity contribution < 1.29 is 4.52 Å². The molecular weight excluding hydrogens is 340 g/mol. The van der Waals surface area contributed by atoms with E-state index in [1.165, 1.54) is 29.1 Å². The molecule has 0 spiro atoms. The summed E-state index contributed by atoms with van der Waals surface area (Å²) in [6.07, 6.45) is 1.45. The highest BCUT2D eigenvalue weighted by molar-refractivity contribution is 7.13. The lowest BCUT2D eigenvalue weighted by Crippen LogP contribution is -2.37. The van der Waals surface area contributed by atoms with Crippen molar-refractivity contribution in [2.75, 3.05) is 0 Å². The molecule has 0 aliphatic heterocycles. The molecule has 8 heteroatoms. The van der Waals surface area contributed by atoms with Crippen molar-refractivity contribution in [2.45, 2.75) is 0 Å². The highest BCUT2D eigenvalue weighted by atomic mass is 32.1. The number of aromatic nitrogens is 4. The summed E-state index contributed by atoms with van der Waals surface area (Å²) in [4.78, 5) is 30.0. The van der Waals surface area contributed by atoms with Gasteiger partial charge in [0.1, 0.15) is 5.56 Å². The molecular formula is C17H12N4O3S. The SMILES string of the molecule is Cn1c(=O)c(-c2noc(-c3cccs3)n2)cn(-c2ccccc2)c1=O. The van der Waals surface area contributed by atoms with Crippen molar-refractivity contribution >= 4 is 11.3 Å². The minimum Gasteiger partial charge on any atom is -0.333 e. The van der Waals surface area contributed by atoms with Crippen LogP contribution in [0.4, 0.5) is 0 Å². The molecule has 0 bridgehead atoms. The average molecular weight is 352 g/mol. The van der Waals surface area contributed by atoms with Crippen LogP contribution in [-0.4, -0.2) is 19.3 Å². The number of hydrogen-bond donors (Lipinski definition) is 0. The summed E-state index contributed by atoms with van der Waals surface area (Å²) in [5, 5.41) is 5.80. The molecule has 0 atom stereocenters. The molecule has 3 heterocycles. The first kappa shape index (κ1) is 15.3. The van der Waals surface area contributed by atoms with E-state index in [4.69, 9.17) is 4.52 Å². The summed E-state index contributed by atoms with van der Waals surface area (Å²) in [6.45, 7) is 0. The second kappa shape index (κ2) is 5.99. The van der Waals surface area contributed by atoms with Gasteiger partial charge in [0.25, 0.3) is 11.4 Å². The molecule has 124 valence electrons. The fourth-order valence-corrected chi connectivity index (χ4v) is 3.07. The Morgan fingerprint density at radius 3 is 2.60 bits per heavy atom. The van der Waals surface area contributed by atoms with Crippen LogP contribution < -0.4 is 11.2 Å². The molecule has 3 aromatic heterocycles. The van der Waals surface area contributed by atoms with Gasteiger partial charge in [-0.15, -0.1) is 11.3 Å². The molecule has 25 heavy (non-hydrogen) atoms. The first-order chi connectivity index (χ1) is 12.1. The predicted octanol–water partition coefficient (Wildman–Crippen LogP) is 2.31. The number of hydrogen-bond acceptors (Lipinski definition) is 6. The monoisotopic (exact) mass is 352 g/mol. The van der Waals surface area contributed by atoms with Gasteiger partial charge in [-0.05, 0) is 23.6 Å². The van der Waals surface area contributed by atoms with Crippen LogP contribution in [-0.2, 0) is 7.05 Å². The molecule has 0 unspecified atom stereocenters. The summed E-state index contributed by atoms with van der Waals surface area (Å²) in [5.41, 5.74) is -0.0820. The van der Waals surface area contributed by atoms with Crippen LogP contribution in [0.2, 0.25) is 0 Å². The highest BCUT2D eigenvalue weighted by Crippen LogP contribution is 2.24. The molecule has 0 saturated heterocycles. The van der Waals surface area contributed by atoms with Crippen LogP contribution in [0.3, 0.4) is 0 Å². The second-order valence-corrected chi connectivity index (χ2v) is 6.24. The van der Waals surface area contributed by atoms with Gasteiger partial charge in [0, 0.05) is 13.2 Å². The summed E-state index contributed by atoms with van der Waals surface area (Å²) in [7, 11) is 1.42. The van der Waals surface area contributed by atoms with E-state index in [1.807, 2.05) is 35.7 Å². The number of nitrogens with zero attached hydrogens (tertiary/aromatic N) is 4. The van der Waals surface area contributed by atoms with Gasteiger partial charge >= 0.3 is 5.69 Å². The van der Waals surface area contributed by atoms with Gasteiger partial charge in [-0.1, -0.05) is 29.4 Å². The molecule has 0 amide bonds. The Balaban J connectivity index is 1.90. The fraction of sp³-hybridized carbons (Fsp3) is 0.0588.